The van der Waals surface area contributed by atoms with Gasteiger partial charge >= 0.3 is 28.3 Å². The molecule has 0 unspecified atom stereocenters. The van der Waals surface area contributed by atoms with Gasteiger partial charge in [-0.15, -0.1) is 0 Å². The summed E-state index contributed by atoms with van der Waals surface area (Å²) in [6.45, 7) is 0. The fraction of sp³-hybridized carbons (Fsp3) is 0.125. The van der Waals surface area contributed by atoms with Crippen molar-refractivity contribution in [3.8, 4) is 11.5 Å². The third-order valence-corrected chi connectivity index (χ3v) is 2.66. The summed E-state index contributed by atoms with van der Waals surface area (Å²) in [5, 5.41) is 18.8. The van der Waals surface area contributed by atoms with Crippen molar-refractivity contribution in [1.82, 2.24) is 0 Å². The number of methoxy groups -OCH3 is 2. The fourth-order valence-corrected chi connectivity index (χ4v) is 1.46. The maximum atomic E-state index is 10.4. The fourth-order valence-electron chi connectivity index (χ4n) is 1.46. The van der Waals surface area contributed by atoms with Crippen molar-refractivity contribution in [2.75, 3.05) is 14.2 Å². The Labute approximate surface area is 149 Å². The number of hydrogen-bond acceptors (Lipinski definition) is 5. The summed E-state index contributed by atoms with van der Waals surface area (Å²) in [5.74, 6) is -0.801. The summed E-state index contributed by atoms with van der Waals surface area (Å²) in [6, 6.07) is 12.3. The molecule has 0 heterocycles. The average Bonchev–Trinajstić information content (AvgIpc) is 2.55. The van der Waals surface area contributed by atoms with Gasteiger partial charge in [0.2, 0.25) is 0 Å². The van der Waals surface area contributed by atoms with Crippen LogP contribution in [-0.4, -0.2) is 31.3 Å². The SMILES string of the molecule is COc1ccc(C(=O)O)cc1.COc1ccc(C(=O)[O-])cc1.[Ag+]. The van der Waals surface area contributed by atoms with Gasteiger partial charge in [0.15, 0.2) is 0 Å². The minimum atomic E-state index is -1.17. The van der Waals surface area contributed by atoms with Crippen LogP contribution in [0.4, 0.5) is 0 Å². The molecule has 0 bridgehead atoms. The molecule has 0 atom stereocenters. The normalized spacial score (nSPS) is 8.78. The molecule has 2 rings (SSSR count). The number of carboxylic acid groups (broad SMARTS) is 2. The first-order valence-electron chi connectivity index (χ1n) is 6.20. The van der Waals surface area contributed by atoms with Gasteiger partial charge in [-0.2, -0.15) is 0 Å². The second kappa shape index (κ2) is 10.4. The van der Waals surface area contributed by atoms with Crippen molar-refractivity contribution < 1.29 is 51.7 Å². The standard InChI is InChI=1S/2C8H8O3.Ag/c2*1-11-7-4-2-6(3-5-7)8(9)10;/h2*2-5H,1H3,(H,9,10);/q;;+1/p-1. The molecule has 2 aromatic carbocycles. The molecule has 0 spiro atoms. The Kier molecular flexibility index (Phi) is 9.41. The molecule has 0 aromatic heterocycles. The average molecular weight is 411 g/mol. The molecular weight excluding hydrogens is 396 g/mol. The number of rotatable bonds is 4. The Morgan fingerprint density at radius 3 is 1.43 bits per heavy atom. The van der Waals surface area contributed by atoms with Crippen LogP contribution >= 0.6 is 0 Å². The molecule has 0 saturated carbocycles. The molecule has 0 amide bonds. The zero-order valence-electron chi connectivity index (χ0n) is 12.4. The van der Waals surface area contributed by atoms with Crippen LogP contribution in [0, 0.1) is 0 Å². The number of hydrogen-bond donors (Lipinski definition) is 1. The Balaban J connectivity index is 0.000000403. The number of ether oxygens (including phenoxy) is 2. The van der Waals surface area contributed by atoms with Gasteiger partial charge < -0.3 is 24.5 Å². The summed E-state index contributed by atoms with van der Waals surface area (Å²) < 4.78 is 9.69. The molecule has 6 nitrogen and oxygen atoms in total. The zero-order valence-corrected chi connectivity index (χ0v) is 13.9. The molecule has 126 valence electrons. The van der Waals surface area contributed by atoms with Gasteiger partial charge in [-0.25, -0.2) is 4.79 Å². The van der Waals surface area contributed by atoms with Crippen LogP contribution in [0.2, 0.25) is 0 Å². The van der Waals surface area contributed by atoms with Crippen LogP contribution in [0.3, 0.4) is 0 Å². The summed E-state index contributed by atoms with van der Waals surface area (Å²) in [6.07, 6.45) is 0. The first-order chi connectivity index (χ1) is 10.5. The number of benzene rings is 2. The molecule has 0 fully saturated rings. The van der Waals surface area contributed by atoms with Crippen LogP contribution in [0.1, 0.15) is 20.7 Å². The summed E-state index contributed by atoms with van der Waals surface area (Å²) in [4.78, 5) is 20.6. The third kappa shape index (κ3) is 7.01. The molecule has 23 heavy (non-hydrogen) atoms. The van der Waals surface area contributed by atoms with Crippen molar-refractivity contribution in [3.05, 3.63) is 59.7 Å². The van der Waals surface area contributed by atoms with Crippen LogP contribution < -0.4 is 14.6 Å². The molecule has 0 aliphatic carbocycles. The monoisotopic (exact) mass is 410 g/mol. The number of carboxylic acids is 2. The van der Waals surface area contributed by atoms with Gasteiger partial charge in [0.1, 0.15) is 11.5 Å². The molecule has 0 radical (unpaired) electrons. The van der Waals surface area contributed by atoms with Gasteiger partial charge in [-0.3, -0.25) is 0 Å². The zero-order chi connectivity index (χ0) is 16.5. The van der Waals surface area contributed by atoms with Crippen molar-refractivity contribution in [3.63, 3.8) is 0 Å². The van der Waals surface area contributed by atoms with E-state index in [0.29, 0.717) is 11.5 Å². The molecule has 1 N–H and O–H groups in total. The van der Waals surface area contributed by atoms with E-state index in [1.54, 1.807) is 24.3 Å². The van der Waals surface area contributed by atoms with E-state index in [4.69, 9.17) is 14.6 Å². The van der Waals surface area contributed by atoms with E-state index in [2.05, 4.69) is 0 Å². The second-order valence-corrected chi connectivity index (χ2v) is 4.05. The van der Waals surface area contributed by atoms with E-state index in [1.807, 2.05) is 0 Å². The minimum absolute atomic E-state index is 0. The van der Waals surface area contributed by atoms with Gasteiger partial charge in [0.05, 0.1) is 25.8 Å². The number of aromatic carboxylic acids is 2. The maximum absolute atomic E-state index is 10.4. The van der Waals surface area contributed by atoms with Gasteiger partial charge in [-0.05, 0) is 54.1 Å². The molecule has 0 aliphatic heterocycles. The summed E-state index contributed by atoms with van der Waals surface area (Å²) in [7, 11) is 3.06. The van der Waals surface area contributed by atoms with Gasteiger partial charge in [0.25, 0.3) is 0 Å². The van der Waals surface area contributed by atoms with Crippen molar-refractivity contribution in [2.24, 2.45) is 0 Å². The van der Waals surface area contributed by atoms with Crippen LogP contribution in [0.5, 0.6) is 11.5 Å². The van der Waals surface area contributed by atoms with E-state index in [-0.39, 0.29) is 33.5 Å². The Morgan fingerprint density at radius 1 is 0.826 bits per heavy atom. The Bertz CT molecular complexity index is 565. The topological polar surface area (TPSA) is 95.9 Å². The first kappa shape index (κ1) is 20.7. The van der Waals surface area contributed by atoms with Crippen molar-refractivity contribution in [1.29, 1.82) is 0 Å². The molecule has 7 heteroatoms. The predicted octanol–water partition coefficient (Wildman–Crippen LogP) is 1.45. The van der Waals surface area contributed by atoms with E-state index >= 15 is 0 Å². The summed E-state index contributed by atoms with van der Waals surface area (Å²) in [5.41, 5.74) is 0.427. The Hall–Kier alpha value is -2.28. The van der Waals surface area contributed by atoms with Crippen molar-refractivity contribution in [2.45, 2.75) is 0 Å². The van der Waals surface area contributed by atoms with Crippen molar-refractivity contribution >= 4 is 11.9 Å². The number of carbonyl (C=O) groups is 2. The van der Waals surface area contributed by atoms with Crippen LogP contribution in [0.25, 0.3) is 0 Å². The minimum Gasteiger partial charge on any atom is -0.545 e. The quantitative estimate of drug-likeness (QED) is 0.766. The molecule has 0 saturated heterocycles. The first-order valence-corrected chi connectivity index (χ1v) is 6.20. The molecular formula is C16H15AgO6. The third-order valence-electron chi connectivity index (χ3n) is 2.66. The molecule has 2 aromatic rings. The van der Waals surface area contributed by atoms with Gasteiger partial charge in [0, 0.05) is 0 Å². The van der Waals surface area contributed by atoms with E-state index in [1.165, 1.54) is 38.5 Å². The van der Waals surface area contributed by atoms with Crippen LogP contribution in [0.15, 0.2) is 48.5 Å². The Morgan fingerprint density at radius 2 is 1.17 bits per heavy atom. The number of carbonyl (C=O) groups excluding carboxylic acids is 1. The second-order valence-electron chi connectivity index (χ2n) is 4.05. The van der Waals surface area contributed by atoms with E-state index < -0.39 is 11.9 Å². The van der Waals surface area contributed by atoms with E-state index in [9.17, 15) is 14.7 Å². The smallest absolute Gasteiger partial charge is 0.545 e. The predicted molar refractivity (Wildman–Crippen MR) is 77.3 cm³/mol. The van der Waals surface area contributed by atoms with Crippen LogP contribution in [-0.2, 0) is 22.4 Å². The van der Waals surface area contributed by atoms with Gasteiger partial charge in [-0.1, -0.05) is 0 Å². The maximum Gasteiger partial charge on any atom is 1.00 e. The largest absolute Gasteiger partial charge is 1.00 e. The molecule has 0 aliphatic rings. The summed E-state index contributed by atoms with van der Waals surface area (Å²) >= 11 is 0. The van der Waals surface area contributed by atoms with E-state index in [0.717, 1.165) is 0 Å².